The number of nitrogens with zero attached hydrogens (tertiary/aromatic N) is 3. The first kappa shape index (κ1) is 25.9. The molecule has 11 heteroatoms. The number of rotatable bonds is 10. The Balaban J connectivity index is 1.55. The molecule has 1 aromatic heterocycles. The van der Waals surface area contributed by atoms with Crippen LogP contribution in [0.4, 0.5) is 5.13 Å². The predicted molar refractivity (Wildman–Crippen MR) is 133 cm³/mol. The second kappa shape index (κ2) is 11.6. The molecule has 0 bridgehead atoms. The second-order valence-electron chi connectivity index (χ2n) is 7.68. The first-order chi connectivity index (χ1) is 16.7. The van der Waals surface area contributed by atoms with E-state index < -0.39 is 21.0 Å². The van der Waals surface area contributed by atoms with Crippen LogP contribution in [0.5, 0.6) is 11.5 Å². The molecular formula is C24H24N4O5S2. The van der Waals surface area contributed by atoms with Crippen molar-refractivity contribution in [1.82, 2.24) is 9.36 Å². The number of ether oxygens (including phenoxy) is 2. The summed E-state index contributed by atoms with van der Waals surface area (Å²) in [5, 5.41) is 10.8. The highest BCUT2D eigenvalue weighted by Gasteiger charge is 2.25. The van der Waals surface area contributed by atoms with Crippen LogP contribution < -0.4 is 14.8 Å². The molecule has 9 nitrogen and oxygen atoms in total. The summed E-state index contributed by atoms with van der Waals surface area (Å²) in [6.07, 6.45) is 1.41. The SMILES string of the molecule is Cc1ccc(OCCOc2ccc(C=C(C#N)C(=O)Nc3nc(S(=O)(=O)C(C)C)ns3)cc2)cc1. The van der Waals surface area contributed by atoms with Crippen LogP contribution in [0.1, 0.15) is 25.0 Å². The van der Waals surface area contributed by atoms with Gasteiger partial charge in [-0.05, 0) is 56.7 Å². The molecule has 182 valence electrons. The lowest BCUT2D eigenvalue weighted by Crippen LogP contribution is -2.16. The fourth-order valence-electron chi connectivity index (χ4n) is 2.68. The average Bonchev–Trinajstić information content (AvgIpc) is 3.31. The van der Waals surface area contributed by atoms with Gasteiger partial charge in [0.1, 0.15) is 36.4 Å². The summed E-state index contributed by atoms with van der Waals surface area (Å²) in [6.45, 7) is 5.77. The molecule has 0 saturated heterocycles. The monoisotopic (exact) mass is 512 g/mol. The molecule has 0 saturated carbocycles. The van der Waals surface area contributed by atoms with E-state index in [0.29, 0.717) is 24.5 Å². The maximum absolute atomic E-state index is 12.5. The van der Waals surface area contributed by atoms with E-state index in [1.807, 2.05) is 37.3 Å². The van der Waals surface area contributed by atoms with Gasteiger partial charge in [0.25, 0.3) is 11.1 Å². The maximum atomic E-state index is 12.5. The molecule has 0 aliphatic heterocycles. The minimum atomic E-state index is -3.66. The molecule has 1 N–H and O–H groups in total. The summed E-state index contributed by atoms with van der Waals surface area (Å²) in [4.78, 5) is 16.3. The van der Waals surface area contributed by atoms with Crippen molar-refractivity contribution in [3.8, 4) is 17.6 Å². The highest BCUT2D eigenvalue weighted by molar-refractivity contribution is 7.91. The Morgan fingerprint density at radius 2 is 1.66 bits per heavy atom. The molecule has 3 rings (SSSR count). The molecule has 35 heavy (non-hydrogen) atoms. The summed E-state index contributed by atoms with van der Waals surface area (Å²) in [6, 6.07) is 16.4. The molecule has 0 radical (unpaired) electrons. The van der Waals surface area contributed by atoms with Crippen LogP contribution in [-0.4, -0.2) is 42.1 Å². The van der Waals surface area contributed by atoms with Gasteiger partial charge in [0.15, 0.2) is 0 Å². The predicted octanol–water partition coefficient (Wildman–Crippen LogP) is 4.03. The zero-order valence-corrected chi connectivity index (χ0v) is 21.0. The Bertz CT molecular complexity index is 1340. The summed E-state index contributed by atoms with van der Waals surface area (Å²) >= 11 is 0.731. The number of sulfone groups is 1. The lowest BCUT2D eigenvalue weighted by atomic mass is 10.1. The Labute approximate surface area is 208 Å². The topological polar surface area (TPSA) is 131 Å². The van der Waals surface area contributed by atoms with Gasteiger partial charge >= 0.3 is 0 Å². The Morgan fingerprint density at radius 1 is 1.09 bits per heavy atom. The quantitative estimate of drug-likeness (QED) is 0.245. The molecule has 3 aromatic rings. The van der Waals surface area contributed by atoms with E-state index in [1.165, 1.54) is 19.9 Å². The van der Waals surface area contributed by atoms with Gasteiger partial charge in [-0.25, -0.2) is 8.42 Å². The number of amides is 1. The number of carbonyl (C=O) groups excluding carboxylic acids is 1. The third-order valence-corrected chi connectivity index (χ3v) is 7.38. The Kier molecular flexibility index (Phi) is 8.57. The van der Waals surface area contributed by atoms with Crippen molar-refractivity contribution in [2.45, 2.75) is 31.2 Å². The molecule has 1 heterocycles. The lowest BCUT2D eigenvalue weighted by molar-refractivity contribution is -0.112. The van der Waals surface area contributed by atoms with E-state index >= 15 is 0 Å². The normalized spacial score (nSPS) is 11.7. The molecule has 0 aliphatic rings. The van der Waals surface area contributed by atoms with E-state index in [-0.39, 0.29) is 15.9 Å². The van der Waals surface area contributed by atoms with Gasteiger partial charge in [0, 0.05) is 11.5 Å². The first-order valence-corrected chi connectivity index (χ1v) is 12.9. The fraction of sp³-hybridized carbons (Fsp3) is 0.250. The molecule has 0 fully saturated rings. The van der Waals surface area contributed by atoms with E-state index in [9.17, 15) is 18.5 Å². The van der Waals surface area contributed by atoms with E-state index in [0.717, 1.165) is 22.8 Å². The standard InChI is InChI=1S/C24H24N4O5S2/c1-16(2)35(30,31)24-27-23(34-28-24)26-22(29)19(15-25)14-18-6-10-21(11-7-18)33-13-12-32-20-8-4-17(3)5-9-20/h4-11,14,16H,12-13H2,1-3H3,(H,26,27,28,29). The molecule has 2 aromatic carbocycles. The molecule has 0 unspecified atom stereocenters. The van der Waals surface area contributed by atoms with Gasteiger partial charge in [0.05, 0.1) is 5.25 Å². The largest absolute Gasteiger partial charge is 0.490 e. The van der Waals surface area contributed by atoms with Crippen LogP contribution in [0.2, 0.25) is 0 Å². The first-order valence-electron chi connectivity index (χ1n) is 10.6. The number of hydrogen-bond acceptors (Lipinski definition) is 9. The summed E-state index contributed by atoms with van der Waals surface area (Å²) in [7, 11) is -3.66. The maximum Gasteiger partial charge on any atom is 0.268 e. The van der Waals surface area contributed by atoms with Gasteiger partial charge < -0.3 is 9.47 Å². The fourth-order valence-corrected chi connectivity index (χ4v) is 4.38. The number of aromatic nitrogens is 2. The second-order valence-corrected chi connectivity index (χ2v) is 10.8. The molecule has 0 spiro atoms. The van der Waals surface area contributed by atoms with Crippen molar-refractivity contribution < 1.29 is 22.7 Å². The number of nitrogens with one attached hydrogen (secondary N) is 1. The van der Waals surface area contributed by atoms with Crippen LogP contribution in [0.25, 0.3) is 6.08 Å². The van der Waals surface area contributed by atoms with E-state index in [2.05, 4.69) is 14.7 Å². The highest BCUT2D eigenvalue weighted by Crippen LogP contribution is 2.20. The lowest BCUT2D eigenvalue weighted by Gasteiger charge is -2.09. The number of carbonyl (C=O) groups is 1. The Hall–Kier alpha value is -3.75. The third-order valence-electron chi connectivity index (χ3n) is 4.70. The smallest absolute Gasteiger partial charge is 0.268 e. The Morgan fingerprint density at radius 3 is 2.20 bits per heavy atom. The number of aryl methyl sites for hydroxylation is 1. The van der Waals surface area contributed by atoms with Crippen molar-refractivity contribution in [3.05, 3.63) is 65.2 Å². The van der Waals surface area contributed by atoms with Crippen LogP contribution in [0.15, 0.2) is 59.3 Å². The van der Waals surface area contributed by atoms with Crippen LogP contribution in [0, 0.1) is 18.3 Å². The summed E-state index contributed by atoms with van der Waals surface area (Å²) in [5.74, 6) is 0.671. The average molecular weight is 513 g/mol. The third kappa shape index (κ3) is 7.11. The number of nitriles is 1. The minimum Gasteiger partial charge on any atom is -0.490 e. The van der Waals surface area contributed by atoms with Crippen molar-refractivity contribution in [2.24, 2.45) is 0 Å². The van der Waals surface area contributed by atoms with Crippen LogP contribution in [0.3, 0.4) is 0 Å². The van der Waals surface area contributed by atoms with Crippen molar-refractivity contribution in [1.29, 1.82) is 5.26 Å². The summed E-state index contributed by atoms with van der Waals surface area (Å²) in [5.41, 5.74) is 1.60. The van der Waals surface area contributed by atoms with Gasteiger partial charge in [0.2, 0.25) is 15.0 Å². The number of benzene rings is 2. The van der Waals surface area contributed by atoms with Crippen LogP contribution in [-0.2, 0) is 14.6 Å². The van der Waals surface area contributed by atoms with Crippen molar-refractivity contribution in [2.75, 3.05) is 18.5 Å². The van der Waals surface area contributed by atoms with Crippen LogP contribution >= 0.6 is 11.5 Å². The molecular weight excluding hydrogens is 488 g/mol. The molecule has 0 aliphatic carbocycles. The zero-order chi connectivity index (χ0) is 25.4. The van der Waals surface area contributed by atoms with E-state index in [1.54, 1.807) is 24.3 Å². The van der Waals surface area contributed by atoms with Gasteiger partial charge in [-0.2, -0.15) is 14.6 Å². The van der Waals surface area contributed by atoms with Crippen molar-refractivity contribution in [3.63, 3.8) is 0 Å². The molecule has 0 atom stereocenters. The number of anilines is 1. The van der Waals surface area contributed by atoms with Gasteiger partial charge in [-0.1, -0.05) is 29.8 Å². The summed E-state index contributed by atoms with van der Waals surface area (Å²) < 4.78 is 39.4. The van der Waals surface area contributed by atoms with Crippen molar-refractivity contribution >= 4 is 38.5 Å². The zero-order valence-electron chi connectivity index (χ0n) is 19.4. The highest BCUT2D eigenvalue weighted by atomic mass is 32.2. The van der Waals surface area contributed by atoms with Gasteiger partial charge in [-0.15, -0.1) is 0 Å². The number of hydrogen-bond donors (Lipinski definition) is 1. The van der Waals surface area contributed by atoms with E-state index in [4.69, 9.17) is 9.47 Å². The minimum absolute atomic E-state index is 0.00743. The van der Waals surface area contributed by atoms with Gasteiger partial charge in [-0.3, -0.25) is 10.1 Å². The molecule has 1 amide bonds.